The number of carbonyl (C=O) groups excluding carboxylic acids is 1. The summed E-state index contributed by atoms with van der Waals surface area (Å²) in [4.78, 5) is 14.7. The number of ether oxygens (including phenoxy) is 1. The zero-order valence-electron chi connectivity index (χ0n) is 9.61. The highest BCUT2D eigenvalue weighted by Crippen LogP contribution is 2.21. The number of hydrogen-bond donors (Lipinski definition) is 1. The van der Waals surface area contributed by atoms with Gasteiger partial charge in [-0.05, 0) is 19.1 Å². The van der Waals surface area contributed by atoms with E-state index in [1.165, 1.54) is 11.3 Å². The lowest BCUT2D eigenvalue weighted by Crippen LogP contribution is -2.48. The molecule has 4 nitrogen and oxygen atoms in total. The lowest BCUT2D eigenvalue weighted by atomic mass is 10.3. The second-order valence-electron chi connectivity index (χ2n) is 3.99. The molecule has 1 aliphatic rings. The second-order valence-corrected chi connectivity index (χ2v) is 5.79. The van der Waals surface area contributed by atoms with E-state index in [1.807, 2.05) is 19.1 Å². The predicted molar refractivity (Wildman–Crippen MR) is 68.6 cm³/mol. The topological polar surface area (TPSA) is 41.6 Å². The van der Waals surface area contributed by atoms with Crippen molar-refractivity contribution >= 4 is 29.0 Å². The first-order valence-corrected chi connectivity index (χ1v) is 6.73. The summed E-state index contributed by atoms with van der Waals surface area (Å²) in [6.45, 7) is 4.41. The molecule has 1 saturated heterocycles. The number of thiophene rings is 1. The Morgan fingerprint density at radius 3 is 3.18 bits per heavy atom. The van der Waals surface area contributed by atoms with Crippen molar-refractivity contribution in [3.63, 3.8) is 0 Å². The van der Waals surface area contributed by atoms with Crippen molar-refractivity contribution in [2.75, 3.05) is 19.7 Å². The van der Waals surface area contributed by atoms with Crippen molar-refractivity contribution in [1.82, 2.24) is 10.2 Å². The molecule has 1 aliphatic heterocycles. The number of nitrogens with zero attached hydrogens (tertiary/aromatic N) is 1. The fraction of sp³-hybridized carbons (Fsp3) is 0.545. The average molecular weight is 275 g/mol. The van der Waals surface area contributed by atoms with Gasteiger partial charge in [0.25, 0.3) is 0 Å². The quantitative estimate of drug-likeness (QED) is 0.899. The molecule has 1 aromatic heterocycles. The van der Waals surface area contributed by atoms with Gasteiger partial charge in [-0.3, -0.25) is 0 Å². The van der Waals surface area contributed by atoms with Crippen LogP contribution in [-0.4, -0.2) is 36.7 Å². The molecular weight excluding hydrogens is 260 g/mol. The molecule has 6 heteroatoms. The molecule has 0 aliphatic carbocycles. The van der Waals surface area contributed by atoms with Gasteiger partial charge >= 0.3 is 6.03 Å². The summed E-state index contributed by atoms with van der Waals surface area (Å²) in [5.41, 5.74) is 0. The molecule has 0 bridgehead atoms. The first kappa shape index (κ1) is 12.7. The van der Waals surface area contributed by atoms with Crippen molar-refractivity contribution in [3.05, 3.63) is 21.3 Å². The van der Waals surface area contributed by atoms with Gasteiger partial charge in [0.2, 0.25) is 0 Å². The number of urea groups is 1. The van der Waals surface area contributed by atoms with Crippen LogP contribution in [0.1, 0.15) is 11.8 Å². The van der Waals surface area contributed by atoms with Crippen LogP contribution in [0.15, 0.2) is 12.1 Å². The molecule has 2 amide bonds. The third-order valence-corrected chi connectivity index (χ3v) is 3.80. The van der Waals surface area contributed by atoms with Crippen LogP contribution in [0.4, 0.5) is 4.79 Å². The van der Waals surface area contributed by atoms with E-state index in [4.69, 9.17) is 16.3 Å². The SMILES string of the molecule is C[C@H]1CN(C(=O)NCc2ccc(Cl)s2)CCO1. The van der Waals surface area contributed by atoms with Crippen LogP contribution < -0.4 is 5.32 Å². The number of amides is 2. The van der Waals surface area contributed by atoms with E-state index < -0.39 is 0 Å². The number of nitrogens with one attached hydrogen (secondary N) is 1. The Bertz CT molecular complexity index is 397. The summed E-state index contributed by atoms with van der Waals surface area (Å²) in [7, 11) is 0. The predicted octanol–water partition coefficient (Wildman–Crippen LogP) is 2.33. The van der Waals surface area contributed by atoms with Crippen LogP contribution in [0.3, 0.4) is 0 Å². The van der Waals surface area contributed by atoms with Crippen LogP contribution in [0.25, 0.3) is 0 Å². The van der Waals surface area contributed by atoms with Crippen molar-refractivity contribution in [2.24, 2.45) is 0 Å². The maximum absolute atomic E-state index is 11.9. The number of carbonyl (C=O) groups is 1. The van der Waals surface area contributed by atoms with Crippen LogP contribution in [0, 0.1) is 0 Å². The lowest BCUT2D eigenvalue weighted by Gasteiger charge is -2.31. The van der Waals surface area contributed by atoms with Gasteiger partial charge in [0.15, 0.2) is 0 Å². The van der Waals surface area contributed by atoms with E-state index in [0.29, 0.717) is 26.2 Å². The Kier molecular flexibility index (Phi) is 4.25. The van der Waals surface area contributed by atoms with E-state index in [0.717, 1.165) is 9.21 Å². The number of morpholine rings is 1. The zero-order chi connectivity index (χ0) is 12.3. The van der Waals surface area contributed by atoms with Gasteiger partial charge in [0, 0.05) is 18.0 Å². The molecule has 1 atom stereocenters. The van der Waals surface area contributed by atoms with Crippen LogP contribution in [0.5, 0.6) is 0 Å². The van der Waals surface area contributed by atoms with Gasteiger partial charge < -0.3 is 15.0 Å². The minimum atomic E-state index is -0.0373. The number of rotatable bonds is 2. The maximum atomic E-state index is 11.9. The van der Waals surface area contributed by atoms with Crippen LogP contribution >= 0.6 is 22.9 Å². The average Bonchev–Trinajstić information content (AvgIpc) is 2.72. The molecule has 0 spiro atoms. The van der Waals surface area contributed by atoms with E-state index in [9.17, 15) is 4.79 Å². The van der Waals surface area contributed by atoms with E-state index in [1.54, 1.807) is 4.90 Å². The Balaban J connectivity index is 1.80. The highest BCUT2D eigenvalue weighted by atomic mass is 35.5. The Hall–Kier alpha value is -0.780. The molecule has 0 unspecified atom stereocenters. The summed E-state index contributed by atoms with van der Waals surface area (Å²) in [6.07, 6.45) is 0.116. The Labute approximate surface area is 110 Å². The standard InChI is InChI=1S/C11H15ClN2O2S/c1-8-7-14(4-5-16-8)11(15)13-6-9-2-3-10(12)17-9/h2-3,8H,4-7H2,1H3,(H,13,15)/t8-/m0/s1. The third-order valence-electron chi connectivity index (χ3n) is 2.57. The van der Waals surface area contributed by atoms with Crippen LogP contribution in [0.2, 0.25) is 4.34 Å². The summed E-state index contributed by atoms with van der Waals surface area (Å²) >= 11 is 7.31. The molecule has 1 N–H and O–H groups in total. The van der Waals surface area contributed by atoms with Crippen LogP contribution in [-0.2, 0) is 11.3 Å². The largest absolute Gasteiger partial charge is 0.375 e. The molecule has 0 radical (unpaired) electrons. The van der Waals surface area contributed by atoms with Crippen molar-refractivity contribution in [1.29, 1.82) is 0 Å². The minimum Gasteiger partial charge on any atom is -0.375 e. The number of hydrogen-bond acceptors (Lipinski definition) is 3. The Morgan fingerprint density at radius 1 is 1.71 bits per heavy atom. The second kappa shape index (κ2) is 5.71. The molecule has 1 aromatic rings. The fourth-order valence-electron chi connectivity index (χ4n) is 1.72. The summed E-state index contributed by atoms with van der Waals surface area (Å²) in [5.74, 6) is 0. The number of halogens is 1. The summed E-state index contributed by atoms with van der Waals surface area (Å²) in [6, 6.07) is 3.73. The maximum Gasteiger partial charge on any atom is 0.317 e. The fourth-order valence-corrected chi connectivity index (χ4v) is 2.75. The molecular formula is C11H15ClN2O2S. The van der Waals surface area contributed by atoms with Gasteiger partial charge in [-0.1, -0.05) is 11.6 Å². The molecule has 17 heavy (non-hydrogen) atoms. The third kappa shape index (κ3) is 3.59. The first-order chi connectivity index (χ1) is 8.15. The highest BCUT2D eigenvalue weighted by molar-refractivity contribution is 7.16. The molecule has 0 saturated carbocycles. The van der Waals surface area contributed by atoms with Crippen molar-refractivity contribution in [2.45, 2.75) is 19.6 Å². The highest BCUT2D eigenvalue weighted by Gasteiger charge is 2.20. The normalized spacial score (nSPS) is 20.4. The molecule has 0 aromatic carbocycles. The molecule has 1 fully saturated rings. The monoisotopic (exact) mass is 274 g/mol. The van der Waals surface area contributed by atoms with E-state index >= 15 is 0 Å². The summed E-state index contributed by atoms with van der Waals surface area (Å²) in [5, 5.41) is 2.89. The van der Waals surface area contributed by atoms with Gasteiger partial charge in [0.05, 0.1) is 23.6 Å². The Morgan fingerprint density at radius 2 is 2.53 bits per heavy atom. The summed E-state index contributed by atoms with van der Waals surface area (Å²) < 4.78 is 6.13. The van der Waals surface area contributed by atoms with Gasteiger partial charge in [-0.15, -0.1) is 11.3 Å². The van der Waals surface area contributed by atoms with Gasteiger partial charge in [-0.2, -0.15) is 0 Å². The van der Waals surface area contributed by atoms with E-state index in [2.05, 4.69) is 5.32 Å². The van der Waals surface area contributed by atoms with Gasteiger partial charge in [0.1, 0.15) is 0 Å². The smallest absolute Gasteiger partial charge is 0.317 e. The minimum absolute atomic E-state index is 0.0373. The first-order valence-electron chi connectivity index (χ1n) is 5.54. The zero-order valence-corrected chi connectivity index (χ0v) is 11.2. The molecule has 2 rings (SSSR count). The van der Waals surface area contributed by atoms with Crippen molar-refractivity contribution < 1.29 is 9.53 Å². The van der Waals surface area contributed by atoms with Crippen molar-refractivity contribution in [3.8, 4) is 0 Å². The van der Waals surface area contributed by atoms with Gasteiger partial charge in [-0.25, -0.2) is 4.79 Å². The lowest BCUT2D eigenvalue weighted by molar-refractivity contribution is -0.00350. The van der Waals surface area contributed by atoms with E-state index in [-0.39, 0.29) is 12.1 Å². The molecule has 2 heterocycles. The molecule has 94 valence electrons.